The zero-order valence-corrected chi connectivity index (χ0v) is 9.96. The van der Waals surface area contributed by atoms with Crippen molar-refractivity contribution in [1.29, 1.82) is 0 Å². The Labute approximate surface area is 105 Å². The molecule has 1 aromatic carbocycles. The van der Waals surface area contributed by atoms with Crippen LogP contribution in [0.25, 0.3) is 0 Å². The summed E-state index contributed by atoms with van der Waals surface area (Å²) in [6, 6.07) is 4.41. The number of aromatic carboxylic acids is 1. The van der Waals surface area contributed by atoms with E-state index in [0.717, 1.165) is 0 Å². The summed E-state index contributed by atoms with van der Waals surface area (Å²) in [5.74, 6) is -0.800. The number of rotatable bonds is 8. The molecule has 0 amide bonds. The third-order valence-corrected chi connectivity index (χ3v) is 2.16. The predicted molar refractivity (Wildman–Crippen MR) is 65.8 cm³/mol. The van der Waals surface area contributed by atoms with Crippen LogP contribution in [0.4, 0.5) is 5.69 Å². The van der Waals surface area contributed by atoms with Crippen molar-refractivity contribution < 1.29 is 24.5 Å². The number of nitrogen functional groups attached to an aromatic ring is 1. The molecular formula is C12H17NO5. The lowest BCUT2D eigenvalue weighted by Gasteiger charge is -2.10. The lowest BCUT2D eigenvalue weighted by atomic mass is 10.2. The number of anilines is 1. The number of benzene rings is 1. The minimum absolute atomic E-state index is 0.0146. The van der Waals surface area contributed by atoms with Crippen LogP contribution in [0.15, 0.2) is 18.2 Å². The van der Waals surface area contributed by atoms with Crippen molar-refractivity contribution in [2.75, 3.05) is 32.2 Å². The molecule has 0 saturated heterocycles. The lowest BCUT2D eigenvalue weighted by molar-refractivity contribution is 0.0689. The van der Waals surface area contributed by atoms with Crippen LogP contribution in [0.1, 0.15) is 16.8 Å². The summed E-state index contributed by atoms with van der Waals surface area (Å²) in [6.07, 6.45) is 0.605. The first kappa shape index (κ1) is 14.3. The van der Waals surface area contributed by atoms with Crippen LogP contribution in [0, 0.1) is 0 Å². The van der Waals surface area contributed by atoms with Crippen LogP contribution in [0.2, 0.25) is 0 Å². The molecule has 0 bridgehead atoms. The van der Waals surface area contributed by atoms with E-state index in [1.54, 1.807) is 0 Å². The maximum absolute atomic E-state index is 10.9. The molecule has 0 radical (unpaired) electrons. The summed E-state index contributed by atoms with van der Waals surface area (Å²) in [5, 5.41) is 17.4. The van der Waals surface area contributed by atoms with Gasteiger partial charge in [-0.1, -0.05) is 0 Å². The molecule has 0 unspecified atom stereocenters. The molecule has 6 nitrogen and oxygen atoms in total. The number of carbonyl (C=O) groups is 1. The highest BCUT2D eigenvalue weighted by molar-refractivity contribution is 5.91. The van der Waals surface area contributed by atoms with Gasteiger partial charge < -0.3 is 25.4 Å². The fourth-order valence-electron chi connectivity index (χ4n) is 1.34. The standard InChI is InChI=1S/C12H17NO5/c13-9-2-3-10(12(15)16)11(8-9)18-6-1-5-17-7-4-14/h2-3,8,14H,1,4-7,13H2,(H,15,16). The largest absolute Gasteiger partial charge is 0.493 e. The molecule has 1 aromatic rings. The summed E-state index contributed by atoms with van der Waals surface area (Å²) in [5.41, 5.74) is 6.11. The van der Waals surface area contributed by atoms with Gasteiger partial charge in [-0.3, -0.25) is 0 Å². The summed E-state index contributed by atoms with van der Waals surface area (Å²) < 4.78 is 10.4. The molecule has 0 atom stereocenters. The first-order chi connectivity index (χ1) is 8.65. The summed E-state index contributed by atoms with van der Waals surface area (Å²) >= 11 is 0. The van der Waals surface area contributed by atoms with Gasteiger partial charge in [-0.25, -0.2) is 4.79 Å². The molecule has 0 aliphatic rings. The fourth-order valence-corrected chi connectivity index (χ4v) is 1.34. The minimum atomic E-state index is -1.05. The zero-order chi connectivity index (χ0) is 13.4. The Bertz CT molecular complexity index is 394. The van der Waals surface area contributed by atoms with Crippen molar-refractivity contribution in [3.8, 4) is 5.75 Å². The van der Waals surface area contributed by atoms with Gasteiger partial charge in [0, 0.05) is 24.8 Å². The highest BCUT2D eigenvalue weighted by Gasteiger charge is 2.11. The topological polar surface area (TPSA) is 102 Å². The zero-order valence-electron chi connectivity index (χ0n) is 9.96. The van der Waals surface area contributed by atoms with E-state index in [1.165, 1.54) is 18.2 Å². The van der Waals surface area contributed by atoms with Gasteiger partial charge in [-0.2, -0.15) is 0 Å². The first-order valence-electron chi connectivity index (χ1n) is 5.59. The van der Waals surface area contributed by atoms with Crippen LogP contribution >= 0.6 is 0 Å². The molecular weight excluding hydrogens is 238 g/mol. The molecule has 18 heavy (non-hydrogen) atoms. The van der Waals surface area contributed by atoms with Gasteiger partial charge in [0.05, 0.1) is 19.8 Å². The van der Waals surface area contributed by atoms with Crippen molar-refractivity contribution in [3.63, 3.8) is 0 Å². The average molecular weight is 255 g/mol. The second kappa shape index (κ2) is 7.52. The number of hydrogen-bond acceptors (Lipinski definition) is 5. The number of aliphatic hydroxyl groups is 1. The van der Waals surface area contributed by atoms with Crippen LogP contribution < -0.4 is 10.5 Å². The van der Waals surface area contributed by atoms with Gasteiger partial charge in [0.25, 0.3) is 0 Å². The molecule has 0 aromatic heterocycles. The monoisotopic (exact) mass is 255 g/mol. The second-order valence-electron chi connectivity index (χ2n) is 3.60. The molecule has 4 N–H and O–H groups in total. The molecule has 0 heterocycles. The van der Waals surface area contributed by atoms with Gasteiger partial charge in [-0.15, -0.1) is 0 Å². The quantitative estimate of drug-likeness (QED) is 0.468. The Kier molecular flexibility index (Phi) is 5.96. The van der Waals surface area contributed by atoms with Gasteiger partial charge in [0.1, 0.15) is 11.3 Å². The van der Waals surface area contributed by atoms with Crippen LogP contribution in [-0.2, 0) is 4.74 Å². The maximum atomic E-state index is 10.9. The van der Waals surface area contributed by atoms with Crippen molar-refractivity contribution >= 4 is 11.7 Å². The Morgan fingerprint density at radius 2 is 2.06 bits per heavy atom. The average Bonchev–Trinajstić information content (AvgIpc) is 2.33. The molecule has 1 rings (SSSR count). The van der Waals surface area contributed by atoms with E-state index in [-0.39, 0.29) is 17.9 Å². The smallest absolute Gasteiger partial charge is 0.339 e. The van der Waals surface area contributed by atoms with Gasteiger partial charge in [0.2, 0.25) is 0 Å². The second-order valence-corrected chi connectivity index (χ2v) is 3.60. The SMILES string of the molecule is Nc1ccc(C(=O)O)c(OCCCOCCO)c1. The Balaban J connectivity index is 2.45. The number of ether oxygens (including phenoxy) is 2. The van der Waals surface area contributed by atoms with Crippen molar-refractivity contribution in [2.45, 2.75) is 6.42 Å². The predicted octanol–water partition coefficient (Wildman–Crippen LogP) is 0.745. The van der Waals surface area contributed by atoms with E-state index < -0.39 is 5.97 Å². The van der Waals surface area contributed by atoms with E-state index in [0.29, 0.717) is 31.9 Å². The Morgan fingerprint density at radius 1 is 1.28 bits per heavy atom. The Morgan fingerprint density at radius 3 is 2.72 bits per heavy atom. The van der Waals surface area contributed by atoms with Crippen molar-refractivity contribution in [1.82, 2.24) is 0 Å². The third-order valence-electron chi connectivity index (χ3n) is 2.16. The highest BCUT2D eigenvalue weighted by atomic mass is 16.5. The number of carboxylic acids is 1. The van der Waals surface area contributed by atoms with Crippen molar-refractivity contribution in [2.24, 2.45) is 0 Å². The third kappa shape index (κ3) is 4.60. The molecule has 0 spiro atoms. The molecule has 0 fully saturated rings. The molecule has 100 valence electrons. The molecule has 6 heteroatoms. The van der Waals surface area contributed by atoms with Crippen molar-refractivity contribution in [3.05, 3.63) is 23.8 Å². The highest BCUT2D eigenvalue weighted by Crippen LogP contribution is 2.21. The fraction of sp³-hybridized carbons (Fsp3) is 0.417. The maximum Gasteiger partial charge on any atom is 0.339 e. The summed E-state index contributed by atoms with van der Waals surface area (Å²) in [7, 11) is 0. The summed E-state index contributed by atoms with van der Waals surface area (Å²) in [4.78, 5) is 10.9. The number of hydrogen-bond donors (Lipinski definition) is 3. The molecule has 0 aliphatic carbocycles. The lowest BCUT2D eigenvalue weighted by Crippen LogP contribution is -2.08. The van der Waals surface area contributed by atoms with E-state index in [1.807, 2.05) is 0 Å². The van der Waals surface area contributed by atoms with E-state index in [2.05, 4.69) is 0 Å². The van der Waals surface area contributed by atoms with Gasteiger partial charge in [0.15, 0.2) is 0 Å². The number of nitrogens with two attached hydrogens (primary N) is 1. The van der Waals surface area contributed by atoms with Crippen LogP contribution in [0.3, 0.4) is 0 Å². The van der Waals surface area contributed by atoms with Crippen LogP contribution in [-0.4, -0.2) is 42.6 Å². The van der Waals surface area contributed by atoms with Gasteiger partial charge in [-0.05, 0) is 12.1 Å². The van der Waals surface area contributed by atoms with E-state index in [4.69, 9.17) is 25.4 Å². The summed E-state index contributed by atoms with van der Waals surface area (Å²) in [6.45, 7) is 1.05. The van der Waals surface area contributed by atoms with Gasteiger partial charge >= 0.3 is 5.97 Å². The molecule has 0 aliphatic heterocycles. The Hall–Kier alpha value is -1.79. The number of aliphatic hydroxyl groups excluding tert-OH is 1. The molecule has 0 saturated carbocycles. The first-order valence-corrected chi connectivity index (χ1v) is 5.59. The van der Waals surface area contributed by atoms with E-state index in [9.17, 15) is 4.79 Å². The van der Waals surface area contributed by atoms with E-state index >= 15 is 0 Å². The number of carboxylic acid groups (broad SMARTS) is 1. The normalized spacial score (nSPS) is 10.3. The van der Waals surface area contributed by atoms with Crippen LogP contribution in [0.5, 0.6) is 5.75 Å². The minimum Gasteiger partial charge on any atom is -0.493 e.